The monoisotopic (exact) mass is 296 g/mol. The van der Waals surface area contributed by atoms with Crippen molar-refractivity contribution in [2.75, 3.05) is 0 Å². The van der Waals surface area contributed by atoms with Gasteiger partial charge in [0.15, 0.2) is 11.6 Å². The Hall–Kier alpha value is -2.95. The van der Waals surface area contributed by atoms with E-state index in [1.165, 1.54) is 30.3 Å². The first-order valence-corrected chi connectivity index (χ1v) is 6.77. The van der Waals surface area contributed by atoms with Crippen LogP contribution in [0.15, 0.2) is 30.3 Å². The average molecular weight is 296 g/mol. The number of rotatable bonds is 2. The molecule has 0 bridgehead atoms. The van der Waals surface area contributed by atoms with Crippen molar-refractivity contribution in [3.63, 3.8) is 0 Å². The molecule has 0 fully saturated rings. The number of phenols is 2. The van der Waals surface area contributed by atoms with Crippen molar-refractivity contribution >= 4 is 17.3 Å². The predicted molar refractivity (Wildman–Crippen MR) is 77.7 cm³/mol. The van der Waals surface area contributed by atoms with E-state index in [1.54, 1.807) is 6.92 Å². The fraction of sp³-hybridized carbons (Fsp3) is 0.118. The van der Waals surface area contributed by atoms with Crippen LogP contribution in [0.4, 0.5) is 0 Å². The van der Waals surface area contributed by atoms with Crippen molar-refractivity contribution in [1.82, 2.24) is 0 Å². The molecule has 0 aromatic heterocycles. The van der Waals surface area contributed by atoms with Crippen LogP contribution in [0, 0.1) is 0 Å². The first-order valence-electron chi connectivity index (χ1n) is 6.77. The second-order valence-corrected chi connectivity index (χ2v) is 5.05. The second kappa shape index (κ2) is 4.80. The van der Waals surface area contributed by atoms with Crippen LogP contribution >= 0.6 is 0 Å². The van der Waals surface area contributed by atoms with Gasteiger partial charge < -0.3 is 10.2 Å². The minimum absolute atomic E-state index is 0.0140. The van der Waals surface area contributed by atoms with Crippen LogP contribution in [-0.4, -0.2) is 27.6 Å². The molecule has 0 radical (unpaired) electrons. The average Bonchev–Trinajstić information content (AvgIpc) is 2.50. The fourth-order valence-electron chi connectivity index (χ4n) is 2.65. The first kappa shape index (κ1) is 14.0. The molecule has 0 spiro atoms. The Morgan fingerprint density at radius 3 is 2.32 bits per heavy atom. The second-order valence-electron chi connectivity index (χ2n) is 5.05. The Labute approximate surface area is 125 Å². The maximum Gasteiger partial charge on any atom is 0.201 e. The summed E-state index contributed by atoms with van der Waals surface area (Å²) in [4.78, 5) is 36.8. The summed E-state index contributed by atoms with van der Waals surface area (Å²) in [5.74, 6) is -2.10. The quantitative estimate of drug-likeness (QED) is 0.709. The zero-order chi connectivity index (χ0) is 16.0. The molecule has 1 aliphatic carbocycles. The molecular formula is C17H12O5. The molecule has 0 unspecified atom stereocenters. The maximum atomic E-state index is 12.5. The number of carbonyl (C=O) groups excluding carboxylic acids is 3. The topological polar surface area (TPSA) is 91.7 Å². The third kappa shape index (κ3) is 1.83. The first-order chi connectivity index (χ1) is 10.5. The molecule has 110 valence electrons. The Morgan fingerprint density at radius 2 is 1.64 bits per heavy atom. The van der Waals surface area contributed by atoms with Crippen LogP contribution < -0.4 is 0 Å². The van der Waals surface area contributed by atoms with E-state index in [2.05, 4.69) is 0 Å². The Balaban J connectivity index is 2.30. The summed E-state index contributed by atoms with van der Waals surface area (Å²) in [6.07, 6.45) is 0.220. The Kier molecular flexibility index (Phi) is 3.06. The molecule has 2 aromatic carbocycles. The lowest BCUT2D eigenvalue weighted by Crippen LogP contribution is -2.22. The molecule has 5 nitrogen and oxygen atoms in total. The summed E-state index contributed by atoms with van der Waals surface area (Å²) in [6.45, 7) is 1.67. The predicted octanol–water partition coefficient (Wildman–Crippen LogP) is 2.47. The normalized spacial score (nSPS) is 12.8. The van der Waals surface area contributed by atoms with E-state index in [4.69, 9.17) is 0 Å². The molecule has 0 atom stereocenters. The van der Waals surface area contributed by atoms with Gasteiger partial charge in [-0.1, -0.05) is 19.1 Å². The maximum absolute atomic E-state index is 12.5. The van der Waals surface area contributed by atoms with Crippen molar-refractivity contribution in [1.29, 1.82) is 0 Å². The summed E-state index contributed by atoms with van der Waals surface area (Å²) in [7, 11) is 0. The van der Waals surface area contributed by atoms with E-state index in [1.807, 2.05) is 0 Å². The fourth-order valence-corrected chi connectivity index (χ4v) is 2.65. The SMILES string of the molecule is CCC(=O)c1cc(O)c2c(c1)C(=O)c1cccc(O)c1C2=O. The molecule has 2 aromatic rings. The van der Waals surface area contributed by atoms with Gasteiger partial charge in [0.1, 0.15) is 11.5 Å². The van der Waals surface area contributed by atoms with Gasteiger partial charge in [-0.15, -0.1) is 0 Å². The third-order valence-corrected chi connectivity index (χ3v) is 3.75. The van der Waals surface area contributed by atoms with E-state index < -0.39 is 17.3 Å². The number of phenolic OH excluding ortho intramolecular Hbond substituents is 2. The smallest absolute Gasteiger partial charge is 0.201 e. The standard InChI is InChI=1S/C17H12O5/c1-2-11(18)8-6-10-15(13(20)7-8)17(22)14-9(16(10)21)4-3-5-12(14)19/h3-7,19-20H,2H2,1H3. The van der Waals surface area contributed by atoms with Crippen LogP contribution in [0.2, 0.25) is 0 Å². The number of benzene rings is 2. The lowest BCUT2D eigenvalue weighted by molar-refractivity contribution is 0.0969. The van der Waals surface area contributed by atoms with Gasteiger partial charge in [-0.05, 0) is 18.2 Å². The molecule has 22 heavy (non-hydrogen) atoms. The van der Waals surface area contributed by atoms with E-state index in [0.29, 0.717) is 0 Å². The van der Waals surface area contributed by atoms with Gasteiger partial charge in [0.2, 0.25) is 5.78 Å². The van der Waals surface area contributed by atoms with Gasteiger partial charge in [-0.25, -0.2) is 0 Å². The molecule has 0 saturated heterocycles. The highest BCUT2D eigenvalue weighted by atomic mass is 16.3. The van der Waals surface area contributed by atoms with Gasteiger partial charge >= 0.3 is 0 Å². The molecule has 5 heteroatoms. The van der Waals surface area contributed by atoms with Crippen molar-refractivity contribution in [3.05, 3.63) is 58.1 Å². The van der Waals surface area contributed by atoms with E-state index in [-0.39, 0.29) is 45.8 Å². The summed E-state index contributed by atoms with van der Waals surface area (Å²) in [5.41, 5.74) is -0.0575. The van der Waals surface area contributed by atoms with Crippen LogP contribution in [0.5, 0.6) is 11.5 Å². The molecule has 0 saturated carbocycles. The summed E-state index contributed by atoms with van der Waals surface area (Å²) >= 11 is 0. The number of hydrogen-bond acceptors (Lipinski definition) is 5. The zero-order valence-electron chi connectivity index (χ0n) is 11.7. The minimum Gasteiger partial charge on any atom is -0.507 e. The lowest BCUT2D eigenvalue weighted by atomic mass is 9.82. The highest BCUT2D eigenvalue weighted by molar-refractivity contribution is 6.30. The Bertz CT molecular complexity index is 848. The van der Waals surface area contributed by atoms with Crippen molar-refractivity contribution in [2.45, 2.75) is 13.3 Å². The van der Waals surface area contributed by atoms with Crippen LogP contribution in [0.3, 0.4) is 0 Å². The molecule has 1 aliphatic rings. The molecule has 0 aliphatic heterocycles. The number of ketones is 3. The number of hydrogen-bond donors (Lipinski definition) is 2. The highest BCUT2D eigenvalue weighted by Crippen LogP contribution is 2.37. The lowest BCUT2D eigenvalue weighted by Gasteiger charge is -2.19. The van der Waals surface area contributed by atoms with E-state index in [0.717, 1.165) is 0 Å². The number of fused-ring (bicyclic) bond motifs is 2. The molecule has 0 amide bonds. The molecule has 0 heterocycles. The van der Waals surface area contributed by atoms with Crippen LogP contribution in [0.25, 0.3) is 0 Å². The highest BCUT2D eigenvalue weighted by Gasteiger charge is 2.34. The minimum atomic E-state index is -0.629. The third-order valence-electron chi connectivity index (χ3n) is 3.75. The number of Topliss-reactive ketones (excluding diaryl/α,β-unsaturated/α-hetero) is 1. The molecule has 2 N–H and O–H groups in total. The summed E-state index contributed by atoms with van der Waals surface area (Å²) < 4.78 is 0. The van der Waals surface area contributed by atoms with Crippen LogP contribution in [-0.2, 0) is 0 Å². The summed E-state index contributed by atoms with van der Waals surface area (Å²) in [5, 5.41) is 19.9. The van der Waals surface area contributed by atoms with Crippen LogP contribution in [0.1, 0.15) is 55.5 Å². The van der Waals surface area contributed by atoms with Gasteiger partial charge in [0, 0.05) is 23.1 Å². The van der Waals surface area contributed by atoms with Crippen molar-refractivity contribution in [3.8, 4) is 11.5 Å². The number of carbonyl (C=O) groups is 3. The van der Waals surface area contributed by atoms with Gasteiger partial charge in [-0.2, -0.15) is 0 Å². The van der Waals surface area contributed by atoms with E-state index in [9.17, 15) is 24.6 Å². The van der Waals surface area contributed by atoms with Crippen molar-refractivity contribution < 1.29 is 24.6 Å². The molecule has 3 rings (SSSR count). The Morgan fingerprint density at radius 1 is 0.955 bits per heavy atom. The van der Waals surface area contributed by atoms with Gasteiger partial charge in [0.25, 0.3) is 0 Å². The van der Waals surface area contributed by atoms with Gasteiger partial charge in [-0.3, -0.25) is 14.4 Å². The molecular weight excluding hydrogens is 284 g/mol. The zero-order valence-corrected chi connectivity index (χ0v) is 11.7. The van der Waals surface area contributed by atoms with Gasteiger partial charge in [0.05, 0.1) is 11.1 Å². The van der Waals surface area contributed by atoms with Crippen molar-refractivity contribution in [2.24, 2.45) is 0 Å². The summed E-state index contributed by atoms with van der Waals surface area (Å²) in [6, 6.07) is 6.71. The number of aromatic hydroxyl groups is 2. The van der Waals surface area contributed by atoms with E-state index >= 15 is 0 Å². The largest absolute Gasteiger partial charge is 0.507 e.